The molecule has 0 amide bonds. The maximum Gasteiger partial charge on any atom is 0.514 e. The molecule has 5 heteroatoms. The summed E-state index contributed by atoms with van der Waals surface area (Å²) >= 11 is 3.47. The molecule has 0 N–H and O–H groups in total. The van der Waals surface area contributed by atoms with Gasteiger partial charge in [-0.1, -0.05) is 15.9 Å². The largest absolute Gasteiger partial charge is 0.514 e. The van der Waals surface area contributed by atoms with Crippen molar-refractivity contribution >= 4 is 28.6 Å². The molecule has 1 fully saturated rings. The normalized spacial score (nSPS) is 21.9. The van der Waals surface area contributed by atoms with Crippen LogP contribution in [-0.2, 0) is 9.31 Å². The molecule has 1 aromatic heterocycles. The Bertz CT molecular complexity index is 412. The predicted octanol–water partition coefficient (Wildman–Crippen LogP) is 2.45. The zero-order valence-corrected chi connectivity index (χ0v) is 12.5. The molecule has 1 saturated heterocycles. The standard InChI is InChI=1S/C12H17BBrNO2/c1-8-6-9(14)7-10(15-8)13-16-11(2,3)12(4,5)17-13/h6-7H,1-5H3. The minimum Gasteiger partial charge on any atom is -0.398 e. The highest BCUT2D eigenvalue weighted by molar-refractivity contribution is 9.10. The molecule has 0 saturated carbocycles. The molecule has 0 unspecified atom stereocenters. The molecule has 17 heavy (non-hydrogen) atoms. The van der Waals surface area contributed by atoms with E-state index in [4.69, 9.17) is 9.31 Å². The lowest BCUT2D eigenvalue weighted by atomic mass is 9.84. The van der Waals surface area contributed by atoms with Crippen molar-refractivity contribution < 1.29 is 9.31 Å². The van der Waals surface area contributed by atoms with Crippen molar-refractivity contribution in [3.05, 3.63) is 22.3 Å². The number of hydrogen-bond donors (Lipinski definition) is 0. The lowest BCUT2D eigenvalue weighted by Crippen LogP contribution is -2.41. The van der Waals surface area contributed by atoms with Gasteiger partial charge in [0.1, 0.15) is 0 Å². The maximum atomic E-state index is 5.95. The summed E-state index contributed by atoms with van der Waals surface area (Å²) < 4.78 is 12.9. The quantitative estimate of drug-likeness (QED) is 0.746. The van der Waals surface area contributed by atoms with Gasteiger partial charge in [-0.2, -0.15) is 0 Å². The van der Waals surface area contributed by atoms with Crippen LogP contribution in [-0.4, -0.2) is 23.3 Å². The van der Waals surface area contributed by atoms with Gasteiger partial charge in [0, 0.05) is 10.2 Å². The van der Waals surface area contributed by atoms with Crippen LogP contribution in [0.3, 0.4) is 0 Å². The number of rotatable bonds is 1. The van der Waals surface area contributed by atoms with Crippen LogP contribution >= 0.6 is 15.9 Å². The Morgan fingerprint density at radius 2 is 1.65 bits per heavy atom. The van der Waals surface area contributed by atoms with Crippen LogP contribution in [0, 0.1) is 6.92 Å². The molecule has 92 valence electrons. The van der Waals surface area contributed by atoms with E-state index in [9.17, 15) is 0 Å². The summed E-state index contributed by atoms with van der Waals surface area (Å²) in [6.45, 7) is 10.1. The maximum absolute atomic E-state index is 5.95. The number of aromatic nitrogens is 1. The topological polar surface area (TPSA) is 31.4 Å². The molecular weight excluding hydrogens is 281 g/mol. The zero-order chi connectivity index (χ0) is 12.8. The number of halogens is 1. The summed E-state index contributed by atoms with van der Waals surface area (Å²) in [5.74, 6) is 0. The van der Waals surface area contributed by atoms with Gasteiger partial charge in [-0.15, -0.1) is 0 Å². The number of nitrogens with zero attached hydrogens (tertiary/aromatic N) is 1. The van der Waals surface area contributed by atoms with Crippen molar-refractivity contribution in [2.45, 2.75) is 45.8 Å². The molecule has 1 aromatic rings. The smallest absolute Gasteiger partial charge is 0.398 e. The van der Waals surface area contributed by atoms with E-state index in [1.165, 1.54) is 0 Å². The summed E-state index contributed by atoms with van der Waals surface area (Å²) in [5.41, 5.74) is 1.12. The lowest BCUT2D eigenvalue weighted by Gasteiger charge is -2.32. The van der Waals surface area contributed by atoms with Gasteiger partial charge < -0.3 is 9.31 Å². The van der Waals surface area contributed by atoms with Gasteiger partial charge in [0.15, 0.2) is 0 Å². The van der Waals surface area contributed by atoms with E-state index in [0.717, 1.165) is 15.8 Å². The first kappa shape index (κ1) is 13.1. The fourth-order valence-electron chi connectivity index (χ4n) is 1.74. The molecule has 3 nitrogen and oxygen atoms in total. The minimum atomic E-state index is -0.392. The monoisotopic (exact) mass is 297 g/mol. The Hall–Kier alpha value is -0.385. The highest BCUT2D eigenvalue weighted by Gasteiger charge is 2.52. The van der Waals surface area contributed by atoms with Gasteiger partial charge in [-0.3, -0.25) is 4.98 Å². The highest BCUT2D eigenvalue weighted by Crippen LogP contribution is 2.36. The minimum absolute atomic E-state index is 0.324. The molecule has 0 bridgehead atoms. The van der Waals surface area contributed by atoms with Gasteiger partial charge >= 0.3 is 7.12 Å². The van der Waals surface area contributed by atoms with E-state index in [0.29, 0.717) is 0 Å². The Morgan fingerprint density at radius 1 is 1.12 bits per heavy atom. The van der Waals surface area contributed by atoms with Crippen LogP contribution in [0.2, 0.25) is 0 Å². The average molecular weight is 298 g/mol. The fraction of sp³-hybridized carbons (Fsp3) is 0.583. The second-order valence-corrected chi connectivity index (χ2v) is 6.36. The van der Waals surface area contributed by atoms with Crippen molar-refractivity contribution in [3.63, 3.8) is 0 Å². The number of pyridine rings is 1. The van der Waals surface area contributed by atoms with Crippen molar-refractivity contribution in [2.75, 3.05) is 0 Å². The van der Waals surface area contributed by atoms with E-state index in [1.54, 1.807) is 0 Å². The van der Waals surface area contributed by atoms with Crippen molar-refractivity contribution in [1.29, 1.82) is 0 Å². The molecule has 1 aliphatic heterocycles. The molecule has 1 aliphatic rings. The summed E-state index contributed by atoms with van der Waals surface area (Å²) in [5, 5.41) is 0. The molecule has 0 atom stereocenters. The molecule has 0 aliphatic carbocycles. The van der Waals surface area contributed by atoms with Gasteiger partial charge in [-0.25, -0.2) is 0 Å². The van der Waals surface area contributed by atoms with E-state index >= 15 is 0 Å². The first-order valence-corrected chi connectivity index (χ1v) is 6.50. The fourth-order valence-corrected chi connectivity index (χ4v) is 2.30. The summed E-state index contributed by atoms with van der Waals surface area (Å²) in [4.78, 5) is 4.47. The second kappa shape index (κ2) is 4.07. The van der Waals surface area contributed by atoms with Gasteiger partial charge in [0.25, 0.3) is 0 Å². The molecular formula is C12H17BBrNO2. The van der Waals surface area contributed by atoms with Crippen LogP contribution in [0.1, 0.15) is 33.4 Å². The molecule has 0 radical (unpaired) electrons. The van der Waals surface area contributed by atoms with Crippen LogP contribution in [0.4, 0.5) is 0 Å². The van der Waals surface area contributed by atoms with E-state index in [1.807, 2.05) is 46.8 Å². The zero-order valence-electron chi connectivity index (χ0n) is 10.9. The first-order chi connectivity index (χ1) is 7.71. The molecule has 0 spiro atoms. The average Bonchev–Trinajstić information content (AvgIpc) is 2.34. The summed E-state index contributed by atoms with van der Waals surface area (Å²) in [7, 11) is -0.392. The van der Waals surface area contributed by atoms with Crippen molar-refractivity contribution in [3.8, 4) is 0 Å². The Morgan fingerprint density at radius 3 is 2.12 bits per heavy atom. The van der Waals surface area contributed by atoms with Crippen molar-refractivity contribution in [1.82, 2.24) is 4.98 Å². The highest BCUT2D eigenvalue weighted by atomic mass is 79.9. The van der Waals surface area contributed by atoms with E-state index in [2.05, 4.69) is 20.9 Å². The number of aryl methyl sites for hydroxylation is 1. The van der Waals surface area contributed by atoms with E-state index in [-0.39, 0.29) is 11.2 Å². The summed E-state index contributed by atoms with van der Waals surface area (Å²) in [6.07, 6.45) is 0. The molecule has 2 heterocycles. The van der Waals surface area contributed by atoms with Crippen LogP contribution < -0.4 is 5.59 Å². The third-order valence-electron chi connectivity index (χ3n) is 3.43. The van der Waals surface area contributed by atoms with Gasteiger partial charge in [0.05, 0.1) is 16.8 Å². The predicted molar refractivity (Wildman–Crippen MR) is 72.4 cm³/mol. The lowest BCUT2D eigenvalue weighted by molar-refractivity contribution is 0.00578. The van der Waals surface area contributed by atoms with Crippen LogP contribution in [0.5, 0.6) is 0 Å². The van der Waals surface area contributed by atoms with E-state index < -0.39 is 7.12 Å². The molecule has 2 rings (SSSR count). The third-order valence-corrected chi connectivity index (χ3v) is 3.89. The van der Waals surface area contributed by atoms with Crippen LogP contribution in [0.15, 0.2) is 16.6 Å². The summed E-state index contributed by atoms with van der Waals surface area (Å²) in [6, 6.07) is 3.91. The first-order valence-electron chi connectivity index (χ1n) is 5.71. The Balaban J connectivity index is 2.32. The van der Waals surface area contributed by atoms with Crippen LogP contribution in [0.25, 0.3) is 0 Å². The van der Waals surface area contributed by atoms with Gasteiger partial charge in [0.2, 0.25) is 0 Å². The van der Waals surface area contributed by atoms with Gasteiger partial charge in [-0.05, 0) is 46.8 Å². The third kappa shape index (κ3) is 2.42. The number of hydrogen-bond acceptors (Lipinski definition) is 3. The SMILES string of the molecule is Cc1cc(Br)cc(B2OC(C)(C)C(C)(C)O2)n1. The second-order valence-electron chi connectivity index (χ2n) is 5.44. The molecule has 0 aromatic carbocycles. The van der Waals surface area contributed by atoms with Crippen molar-refractivity contribution in [2.24, 2.45) is 0 Å². The Labute approximate surface area is 111 Å². The Kier molecular flexibility index (Phi) is 3.13.